The van der Waals surface area contributed by atoms with E-state index in [1.165, 1.54) is 14.0 Å². The van der Waals surface area contributed by atoms with Gasteiger partial charge in [-0.05, 0) is 54.1 Å². The van der Waals surface area contributed by atoms with Crippen molar-refractivity contribution in [2.75, 3.05) is 24.4 Å². The van der Waals surface area contributed by atoms with Gasteiger partial charge >= 0.3 is 5.63 Å². The number of hydrogen-bond acceptors (Lipinski definition) is 6. The summed E-state index contributed by atoms with van der Waals surface area (Å²) in [7, 11) is 1.52. The SMILES string of the molecule is COc1cccc2cc(-c3ccc(OCC(=O)Nc4ccc(NC(C)=O)cc4)cc3)c(=O)oc12. The molecule has 2 amide bonds. The molecule has 0 fully saturated rings. The van der Waals surface area contributed by atoms with Crippen molar-refractivity contribution in [1.29, 1.82) is 0 Å². The molecule has 34 heavy (non-hydrogen) atoms. The van der Waals surface area contributed by atoms with Crippen molar-refractivity contribution in [2.24, 2.45) is 0 Å². The quantitative estimate of drug-likeness (QED) is 0.397. The van der Waals surface area contributed by atoms with Gasteiger partial charge in [-0.3, -0.25) is 9.59 Å². The van der Waals surface area contributed by atoms with Gasteiger partial charge in [0, 0.05) is 23.7 Å². The van der Waals surface area contributed by atoms with Crippen LogP contribution in [0.3, 0.4) is 0 Å². The van der Waals surface area contributed by atoms with Gasteiger partial charge in [0.05, 0.1) is 12.7 Å². The van der Waals surface area contributed by atoms with E-state index in [0.29, 0.717) is 39.6 Å². The van der Waals surface area contributed by atoms with Crippen LogP contribution >= 0.6 is 0 Å². The molecule has 0 unspecified atom stereocenters. The van der Waals surface area contributed by atoms with Crippen LogP contribution in [0.15, 0.2) is 82.0 Å². The zero-order chi connectivity index (χ0) is 24.1. The van der Waals surface area contributed by atoms with Crippen LogP contribution in [0.1, 0.15) is 6.92 Å². The number of amides is 2. The molecule has 4 rings (SSSR count). The molecule has 0 radical (unpaired) electrons. The van der Waals surface area contributed by atoms with Gasteiger partial charge in [-0.2, -0.15) is 0 Å². The molecule has 8 nitrogen and oxygen atoms in total. The Morgan fingerprint density at radius 3 is 2.24 bits per heavy atom. The fourth-order valence-electron chi connectivity index (χ4n) is 3.40. The molecule has 0 aliphatic carbocycles. The summed E-state index contributed by atoms with van der Waals surface area (Å²) < 4.78 is 16.3. The lowest BCUT2D eigenvalue weighted by Gasteiger charge is -2.09. The predicted molar refractivity (Wildman–Crippen MR) is 129 cm³/mol. The Labute approximate surface area is 195 Å². The third kappa shape index (κ3) is 5.24. The maximum Gasteiger partial charge on any atom is 0.344 e. The van der Waals surface area contributed by atoms with Crippen LogP contribution < -0.4 is 25.7 Å². The highest BCUT2D eigenvalue weighted by Gasteiger charge is 2.11. The number of para-hydroxylation sites is 1. The summed E-state index contributed by atoms with van der Waals surface area (Å²) in [5.74, 6) is 0.469. The van der Waals surface area contributed by atoms with Crippen molar-refractivity contribution in [1.82, 2.24) is 0 Å². The first kappa shape index (κ1) is 22.6. The molecule has 0 aliphatic heterocycles. The fourth-order valence-corrected chi connectivity index (χ4v) is 3.40. The number of hydrogen-bond donors (Lipinski definition) is 2. The Balaban J connectivity index is 1.39. The Morgan fingerprint density at radius 2 is 1.59 bits per heavy atom. The zero-order valence-corrected chi connectivity index (χ0v) is 18.6. The van der Waals surface area contributed by atoms with Crippen LogP contribution in [0.5, 0.6) is 11.5 Å². The summed E-state index contributed by atoms with van der Waals surface area (Å²) >= 11 is 0. The molecule has 8 heteroatoms. The largest absolute Gasteiger partial charge is 0.493 e. The van der Waals surface area contributed by atoms with Gasteiger partial charge in [0.15, 0.2) is 17.9 Å². The summed E-state index contributed by atoms with van der Waals surface area (Å²) in [4.78, 5) is 35.8. The summed E-state index contributed by atoms with van der Waals surface area (Å²) in [5.41, 5.74) is 2.21. The number of benzene rings is 3. The molecule has 2 N–H and O–H groups in total. The standard InChI is InChI=1S/C26H22N2O6/c1-16(29)27-19-8-10-20(11-9-19)28-24(30)15-33-21-12-6-17(7-13-21)22-14-18-4-3-5-23(32-2)25(18)34-26(22)31/h3-14H,15H2,1-2H3,(H,27,29)(H,28,30). The van der Waals surface area contributed by atoms with Gasteiger partial charge in [0.25, 0.3) is 5.91 Å². The Bertz CT molecular complexity index is 1390. The maximum atomic E-state index is 12.5. The van der Waals surface area contributed by atoms with Crippen LogP contribution in [-0.4, -0.2) is 25.5 Å². The highest BCUT2D eigenvalue weighted by molar-refractivity contribution is 5.93. The minimum atomic E-state index is -0.477. The second kappa shape index (κ2) is 9.91. The van der Waals surface area contributed by atoms with Gasteiger partial charge in [-0.25, -0.2) is 4.79 Å². The van der Waals surface area contributed by atoms with Crippen molar-refractivity contribution in [3.05, 3.63) is 83.2 Å². The minimum absolute atomic E-state index is 0.169. The normalized spacial score (nSPS) is 10.5. The van der Waals surface area contributed by atoms with Gasteiger partial charge in [0.1, 0.15) is 5.75 Å². The lowest BCUT2D eigenvalue weighted by Crippen LogP contribution is -2.20. The lowest BCUT2D eigenvalue weighted by molar-refractivity contribution is -0.118. The number of methoxy groups -OCH3 is 1. The molecular weight excluding hydrogens is 436 g/mol. The highest BCUT2D eigenvalue weighted by Crippen LogP contribution is 2.28. The fraction of sp³-hybridized carbons (Fsp3) is 0.115. The predicted octanol–water partition coefficient (Wildman–Crippen LogP) is 4.44. The number of ether oxygens (including phenoxy) is 2. The molecule has 0 bridgehead atoms. The summed E-state index contributed by atoms with van der Waals surface area (Å²) in [5, 5.41) is 6.13. The number of anilines is 2. The van der Waals surface area contributed by atoms with Crippen molar-refractivity contribution in [3.8, 4) is 22.6 Å². The molecular formula is C26H22N2O6. The first-order chi connectivity index (χ1) is 16.4. The van der Waals surface area contributed by atoms with Crippen LogP contribution in [0, 0.1) is 0 Å². The Morgan fingerprint density at radius 1 is 0.912 bits per heavy atom. The van der Waals surface area contributed by atoms with E-state index in [9.17, 15) is 14.4 Å². The van der Waals surface area contributed by atoms with E-state index in [0.717, 1.165) is 5.39 Å². The summed E-state index contributed by atoms with van der Waals surface area (Å²) in [6.07, 6.45) is 0. The molecule has 172 valence electrons. The smallest absolute Gasteiger partial charge is 0.344 e. The van der Waals surface area contributed by atoms with Crippen molar-refractivity contribution >= 4 is 34.2 Å². The number of nitrogens with one attached hydrogen (secondary N) is 2. The van der Waals surface area contributed by atoms with Gasteiger partial charge in [-0.1, -0.05) is 24.3 Å². The highest BCUT2D eigenvalue weighted by atomic mass is 16.5. The Hall–Kier alpha value is -4.59. The van der Waals surface area contributed by atoms with Crippen molar-refractivity contribution < 1.29 is 23.5 Å². The average molecular weight is 458 g/mol. The maximum absolute atomic E-state index is 12.5. The molecule has 0 saturated carbocycles. The Kier molecular flexibility index (Phi) is 6.59. The third-order valence-electron chi connectivity index (χ3n) is 4.97. The number of rotatable bonds is 7. The number of carbonyl (C=O) groups excluding carboxylic acids is 2. The van der Waals surface area contributed by atoms with E-state index in [2.05, 4.69) is 10.6 Å². The van der Waals surface area contributed by atoms with E-state index in [1.54, 1.807) is 60.7 Å². The molecule has 3 aromatic carbocycles. The monoisotopic (exact) mass is 458 g/mol. The zero-order valence-electron chi connectivity index (χ0n) is 18.6. The van der Waals surface area contributed by atoms with Crippen molar-refractivity contribution in [2.45, 2.75) is 6.92 Å². The third-order valence-corrected chi connectivity index (χ3v) is 4.97. The minimum Gasteiger partial charge on any atom is -0.493 e. The second-order valence-corrected chi connectivity index (χ2v) is 7.45. The van der Waals surface area contributed by atoms with E-state index in [1.807, 2.05) is 12.1 Å². The first-order valence-electron chi connectivity index (χ1n) is 10.4. The lowest BCUT2D eigenvalue weighted by atomic mass is 10.1. The van der Waals surface area contributed by atoms with Gasteiger partial charge in [0.2, 0.25) is 5.91 Å². The van der Waals surface area contributed by atoms with Crippen LogP contribution in [0.2, 0.25) is 0 Å². The molecule has 1 aromatic heterocycles. The molecule has 4 aromatic rings. The molecule has 0 aliphatic rings. The second-order valence-electron chi connectivity index (χ2n) is 7.45. The number of fused-ring (bicyclic) bond motifs is 1. The number of carbonyl (C=O) groups is 2. The van der Waals surface area contributed by atoms with E-state index < -0.39 is 5.63 Å². The van der Waals surface area contributed by atoms with E-state index in [4.69, 9.17) is 13.9 Å². The topological polar surface area (TPSA) is 107 Å². The van der Waals surface area contributed by atoms with Gasteiger partial charge < -0.3 is 24.5 Å². The van der Waals surface area contributed by atoms with Crippen LogP contribution in [-0.2, 0) is 9.59 Å². The molecule has 0 saturated heterocycles. The first-order valence-corrected chi connectivity index (χ1v) is 10.4. The summed E-state index contributed by atoms with van der Waals surface area (Å²) in [6.45, 7) is 1.23. The average Bonchev–Trinajstić information content (AvgIpc) is 2.83. The van der Waals surface area contributed by atoms with Gasteiger partial charge in [-0.15, -0.1) is 0 Å². The molecule has 1 heterocycles. The van der Waals surface area contributed by atoms with E-state index >= 15 is 0 Å². The molecule has 0 spiro atoms. The molecule has 0 atom stereocenters. The van der Waals surface area contributed by atoms with E-state index in [-0.39, 0.29) is 18.4 Å². The van der Waals surface area contributed by atoms with Crippen LogP contribution in [0.4, 0.5) is 11.4 Å². The van der Waals surface area contributed by atoms with Crippen molar-refractivity contribution in [3.63, 3.8) is 0 Å². The van der Waals surface area contributed by atoms with Crippen LogP contribution in [0.25, 0.3) is 22.1 Å². The summed E-state index contributed by atoms with van der Waals surface area (Å²) in [6, 6.07) is 20.7.